The molecular weight excluding hydrogens is 386 g/mol. The fourth-order valence-corrected chi connectivity index (χ4v) is 3.92. The van der Waals surface area contributed by atoms with Crippen molar-refractivity contribution in [3.8, 4) is 17.3 Å². The van der Waals surface area contributed by atoms with Crippen LogP contribution in [0.5, 0.6) is 11.5 Å². The number of anilines is 1. The highest BCUT2D eigenvalue weighted by molar-refractivity contribution is 5.95. The Bertz CT molecular complexity index is 1280. The van der Waals surface area contributed by atoms with Crippen molar-refractivity contribution in [3.63, 3.8) is 0 Å². The van der Waals surface area contributed by atoms with Crippen molar-refractivity contribution in [2.75, 3.05) is 19.5 Å². The second-order valence-corrected chi connectivity index (χ2v) is 7.00. The summed E-state index contributed by atoms with van der Waals surface area (Å²) in [5.74, 6) is 2.20. The van der Waals surface area contributed by atoms with E-state index in [4.69, 9.17) is 9.47 Å². The maximum atomic E-state index is 12.6. The molecule has 10 nitrogen and oxygen atoms in total. The second-order valence-electron chi connectivity index (χ2n) is 7.00. The molecule has 1 aliphatic rings. The molecule has 0 unspecified atom stereocenters. The molecule has 0 radical (unpaired) electrons. The zero-order chi connectivity index (χ0) is 20.8. The van der Waals surface area contributed by atoms with Gasteiger partial charge >= 0.3 is 0 Å². The summed E-state index contributed by atoms with van der Waals surface area (Å²) >= 11 is 0. The minimum atomic E-state index is -0.206. The number of rotatable bonds is 4. The first-order valence-corrected chi connectivity index (χ1v) is 9.37. The molecule has 1 aliphatic heterocycles. The second kappa shape index (κ2) is 6.83. The van der Waals surface area contributed by atoms with Crippen LogP contribution in [0, 0.1) is 6.92 Å². The largest absolute Gasteiger partial charge is 0.497 e. The zero-order valence-electron chi connectivity index (χ0n) is 16.7. The maximum absolute atomic E-state index is 12.6. The molecule has 3 aromatic heterocycles. The molecule has 0 aliphatic carbocycles. The smallest absolute Gasteiger partial charge is 0.226 e. The van der Waals surface area contributed by atoms with Gasteiger partial charge in [0.1, 0.15) is 23.6 Å². The van der Waals surface area contributed by atoms with Gasteiger partial charge in [-0.15, -0.1) is 15.3 Å². The van der Waals surface area contributed by atoms with Crippen LogP contribution in [0.25, 0.3) is 11.5 Å². The van der Waals surface area contributed by atoms with Gasteiger partial charge in [-0.25, -0.2) is 0 Å². The number of aromatic nitrogens is 6. The van der Waals surface area contributed by atoms with Gasteiger partial charge in [0, 0.05) is 29.5 Å². The van der Waals surface area contributed by atoms with Crippen LogP contribution in [0.3, 0.4) is 0 Å². The molecule has 0 saturated heterocycles. The summed E-state index contributed by atoms with van der Waals surface area (Å²) in [4.78, 5) is 12.6. The quantitative estimate of drug-likeness (QED) is 0.554. The van der Waals surface area contributed by atoms with Crippen molar-refractivity contribution >= 4 is 17.4 Å². The molecule has 0 spiro atoms. The number of aryl methyl sites for hydroxylation is 1. The number of nitrogens with zero attached hydrogens (tertiary/aromatic N) is 6. The van der Waals surface area contributed by atoms with E-state index in [2.05, 4.69) is 25.7 Å². The van der Waals surface area contributed by atoms with Gasteiger partial charge < -0.3 is 14.8 Å². The summed E-state index contributed by atoms with van der Waals surface area (Å²) in [6.07, 6.45) is 1.81. The van der Waals surface area contributed by atoms with Crippen LogP contribution in [-0.4, -0.2) is 49.7 Å². The maximum Gasteiger partial charge on any atom is 0.226 e. The fourth-order valence-electron chi connectivity index (χ4n) is 3.92. The molecule has 30 heavy (non-hydrogen) atoms. The van der Waals surface area contributed by atoms with Gasteiger partial charge in [0.15, 0.2) is 11.5 Å². The molecule has 10 heteroatoms. The van der Waals surface area contributed by atoms with Gasteiger partial charge in [-0.2, -0.15) is 14.3 Å². The minimum absolute atomic E-state index is 0.100. The Morgan fingerprint density at radius 1 is 1.13 bits per heavy atom. The molecule has 1 aromatic carbocycles. The zero-order valence-corrected chi connectivity index (χ0v) is 16.7. The van der Waals surface area contributed by atoms with Crippen LogP contribution in [0.4, 0.5) is 5.82 Å². The number of carbonyl (C=O) groups excluding carboxylic acids is 1. The normalized spacial score (nSPS) is 15.7. The van der Waals surface area contributed by atoms with Gasteiger partial charge in [0.25, 0.3) is 0 Å². The number of amides is 1. The molecule has 0 bridgehead atoms. The Labute approximate surface area is 171 Å². The first kappa shape index (κ1) is 18.1. The van der Waals surface area contributed by atoms with Crippen LogP contribution in [0.1, 0.15) is 29.2 Å². The van der Waals surface area contributed by atoms with Crippen LogP contribution in [0.2, 0.25) is 0 Å². The van der Waals surface area contributed by atoms with Crippen molar-refractivity contribution in [2.45, 2.75) is 19.3 Å². The SMILES string of the molecule is COc1ccc([C@H]2CC(=O)Nc3c2c(C)nn3-c2ccc3nncn3n2)c(OC)c1. The van der Waals surface area contributed by atoms with Crippen LogP contribution < -0.4 is 14.8 Å². The summed E-state index contributed by atoms with van der Waals surface area (Å²) in [7, 11) is 3.21. The predicted octanol–water partition coefficient (Wildman–Crippen LogP) is 2.11. The van der Waals surface area contributed by atoms with E-state index >= 15 is 0 Å². The number of hydrogen-bond donors (Lipinski definition) is 1. The van der Waals surface area contributed by atoms with Gasteiger partial charge in [-0.3, -0.25) is 4.79 Å². The molecule has 0 saturated carbocycles. The van der Waals surface area contributed by atoms with E-state index in [0.29, 0.717) is 35.2 Å². The van der Waals surface area contributed by atoms with E-state index in [-0.39, 0.29) is 11.8 Å². The molecule has 1 amide bonds. The van der Waals surface area contributed by atoms with Gasteiger partial charge in [0.05, 0.1) is 19.9 Å². The third kappa shape index (κ3) is 2.76. The highest BCUT2D eigenvalue weighted by Crippen LogP contribution is 2.43. The van der Waals surface area contributed by atoms with Crippen molar-refractivity contribution < 1.29 is 14.3 Å². The van der Waals surface area contributed by atoms with Crippen LogP contribution in [-0.2, 0) is 4.79 Å². The number of hydrogen-bond acceptors (Lipinski definition) is 7. The van der Waals surface area contributed by atoms with Gasteiger partial charge in [0.2, 0.25) is 5.91 Å². The highest BCUT2D eigenvalue weighted by Gasteiger charge is 2.34. The Kier molecular flexibility index (Phi) is 4.12. The molecule has 1 atom stereocenters. The lowest BCUT2D eigenvalue weighted by molar-refractivity contribution is -0.116. The van der Waals surface area contributed by atoms with Crippen molar-refractivity contribution in [1.29, 1.82) is 0 Å². The average Bonchev–Trinajstić information content (AvgIpc) is 3.36. The lowest BCUT2D eigenvalue weighted by Crippen LogP contribution is -2.25. The topological polar surface area (TPSA) is 108 Å². The van der Waals surface area contributed by atoms with Crippen molar-refractivity contribution in [3.05, 3.63) is 53.5 Å². The minimum Gasteiger partial charge on any atom is -0.497 e. The summed E-state index contributed by atoms with van der Waals surface area (Å²) in [5.41, 5.74) is 3.27. The van der Waals surface area contributed by atoms with Gasteiger partial charge in [-0.05, 0) is 25.1 Å². The van der Waals surface area contributed by atoms with E-state index in [0.717, 1.165) is 16.8 Å². The van der Waals surface area contributed by atoms with Crippen molar-refractivity contribution in [1.82, 2.24) is 29.6 Å². The fraction of sp³-hybridized carbons (Fsp3) is 0.250. The van der Waals surface area contributed by atoms with E-state index in [1.807, 2.05) is 25.1 Å². The van der Waals surface area contributed by atoms with E-state index in [1.54, 1.807) is 35.5 Å². The summed E-state index contributed by atoms with van der Waals surface area (Å²) in [6, 6.07) is 9.21. The van der Waals surface area contributed by atoms with Crippen LogP contribution in [0.15, 0.2) is 36.7 Å². The molecule has 5 rings (SSSR count). The Morgan fingerprint density at radius 3 is 2.80 bits per heavy atom. The lowest BCUT2D eigenvalue weighted by Gasteiger charge is -2.25. The Hall–Kier alpha value is -3.95. The number of carbonyl (C=O) groups is 1. The number of methoxy groups -OCH3 is 2. The summed E-state index contributed by atoms with van der Waals surface area (Å²) in [5, 5.41) is 20.0. The summed E-state index contributed by atoms with van der Waals surface area (Å²) < 4.78 is 14.1. The Morgan fingerprint density at radius 2 is 2.00 bits per heavy atom. The number of benzene rings is 1. The molecular formula is C20H19N7O3. The molecule has 152 valence electrons. The molecule has 4 heterocycles. The Balaban J connectivity index is 1.67. The highest BCUT2D eigenvalue weighted by atomic mass is 16.5. The van der Waals surface area contributed by atoms with Crippen molar-refractivity contribution in [2.24, 2.45) is 0 Å². The predicted molar refractivity (Wildman–Crippen MR) is 107 cm³/mol. The molecule has 0 fully saturated rings. The first-order chi connectivity index (χ1) is 14.6. The van der Waals surface area contributed by atoms with Gasteiger partial charge in [-0.1, -0.05) is 6.07 Å². The number of fused-ring (bicyclic) bond motifs is 2. The molecule has 1 N–H and O–H groups in total. The summed E-state index contributed by atoms with van der Waals surface area (Å²) in [6.45, 7) is 1.92. The standard InChI is InChI=1S/C20H19N7O3/c1-11-19-14(13-5-4-12(29-2)8-15(13)30-3)9-18(28)22-20(19)27(24-11)17-7-6-16-23-21-10-26(16)25-17/h4-8,10,14H,9H2,1-3H3,(H,22,28)/t14-/m1/s1. The lowest BCUT2D eigenvalue weighted by atomic mass is 9.85. The van der Waals surface area contributed by atoms with E-state index in [9.17, 15) is 4.79 Å². The monoisotopic (exact) mass is 405 g/mol. The van der Waals surface area contributed by atoms with E-state index in [1.165, 1.54) is 6.33 Å². The van der Waals surface area contributed by atoms with E-state index < -0.39 is 0 Å². The number of ether oxygens (including phenoxy) is 2. The first-order valence-electron chi connectivity index (χ1n) is 9.37. The third-order valence-electron chi connectivity index (χ3n) is 5.28. The number of nitrogens with one attached hydrogen (secondary N) is 1. The third-order valence-corrected chi connectivity index (χ3v) is 5.28. The molecule has 4 aromatic rings. The van der Waals surface area contributed by atoms with Crippen LogP contribution >= 0.6 is 0 Å². The average molecular weight is 405 g/mol.